The molecule has 0 saturated carbocycles. The van der Waals surface area contributed by atoms with Crippen LogP contribution in [0.3, 0.4) is 0 Å². The van der Waals surface area contributed by atoms with E-state index in [-0.39, 0.29) is 6.42 Å². The van der Waals surface area contributed by atoms with E-state index in [2.05, 4.69) is 5.32 Å². The van der Waals surface area contributed by atoms with Gasteiger partial charge in [0.15, 0.2) is 6.10 Å². The second kappa shape index (κ2) is 9.99. The standard InChI is InChI=1S/C21H24ClNO5/c1-13-18(22)6-5-7-19(13)23-21(25)14(2)28-20(24)9-8-15-10-16(26-3)12-17(11-15)27-4/h5-7,10-12,14H,8-9H2,1-4H3,(H,23,25)/t14-/m1/s1. The molecule has 0 bridgehead atoms. The molecule has 1 N–H and O–H groups in total. The Balaban J connectivity index is 1.90. The summed E-state index contributed by atoms with van der Waals surface area (Å²) in [5, 5.41) is 3.28. The van der Waals surface area contributed by atoms with Gasteiger partial charge >= 0.3 is 5.97 Å². The highest BCUT2D eigenvalue weighted by Crippen LogP contribution is 2.24. The van der Waals surface area contributed by atoms with Crippen LogP contribution in [0, 0.1) is 6.92 Å². The number of hydrogen-bond donors (Lipinski definition) is 1. The van der Waals surface area contributed by atoms with Crippen molar-refractivity contribution in [2.45, 2.75) is 32.8 Å². The molecule has 0 aliphatic heterocycles. The molecule has 7 heteroatoms. The van der Waals surface area contributed by atoms with Crippen LogP contribution < -0.4 is 14.8 Å². The summed E-state index contributed by atoms with van der Waals surface area (Å²) in [6.07, 6.45) is -0.358. The molecular weight excluding hydrogens is 382 g/mol. The van der Waals surface area contributed by atoms with E-state index >= 15 is 0 Å². The molecule has 1 amide bonds. The summed E-state index contributed by atoms with van der Waals surface area (Å²) in [6.45, 7) is 3.33. The minimum atomic E-state index is -0.925. The van der Waals surface area contributed by atoms with Gasteiger partial charge in [0.25, 0.3) is 5.91 Å². The van der Waals surface area contributed by atoms with Gasteiger partial charge in [-0.15, -0.1) is 0 Å². The summed E-state index contributed by atoms with van der Waals surface area (Å²) in [6, 6.07) is 10.6. The molecule has 0 aliphatic carbocycles. The normalized spacial score (nSPS) is 11.5. The Hall–Kier alpha value is -2.73. The highest BCUT2D eigenvalue weighted by Gasteiger charge is 2.19. The number of esters is 1. The smallest absolute Gasteiger partial charge is 0.306 e. The third-order valence-corrected chi connectivity index (χ3v) is 4.64. The van der Waals surface area contributed by atoms with E-state index in [0.29, 0.717) is 28.6 Å². The third kappa shape index (κ3) is 5.89. The Labute approximate surface area is 169 Å². The third-order valence-electron chi connectivity index (χ3n) is 4.23. The first kappa shape index (κ1) is 21.6. The van der Waals surface area contributed by atoms with E-state index in [9.17, 15) is 9.59 Å². The summed E-state index contributed by atoms with van der Waals surface area (Å²) in [5.41, 5.74) is 2.21. The van der Waals surface area contributed by atoms with Gasteiger partial charge in [-0.25, -0.2) is 0 Å². The van der Waals surface area contributed by atoms with Crippen molar-refractivity contribution in [3.8, 4) is 11.5 Å². The van der Waals surface area contributed by atoms with Gasteiger partial charge in [0.2, 0.25) is 0 Å². The van der Waals surface area contributed by atoms with Gasteiger partial charge in [-0.1, -0.05) is 17.7 Å². The average Bonchev–Trinajstić information content (AvgIpc) is 2.69. The fraction of sp³-hybridized carbons (Fsp3) is 0.333. The first-order valence-electron chi connectivity index (χ1n) is 8.81. The van der Waals surface area contributed by atoms with Gasteiger partial charge in [0.1, 0.15) is 11.5 Å². The molecule has 6 nitrogen and oxygen atoms in total. The van der Waals surface area contributed by atoms with Crippen LogP contribution >= 0.6 is 11.6 Å². The Morgan fingerprint density at radius 3 is 2.36 bits per heavy atom. The SMILES string of the molecule is COc1cc(CCC(=O)O[C@H](C)C(=O)Nc2cccc(Cl)c2C)cc(OC)c1. The topological polar surface area (TPSA) is 73.9 Å². The fourth-order valence-electron chi connectivity index (χ4n) is 2.54. The number of ether oxygens (including phenoxy) is 3. The Morgan fingerprint density at radius 2 is 1.75 bits per heavy atom. The summed E-state index contributed by atoms with van der Waals surface area (Å²) in [4.78, 5) is 24.4. The molecule has 1 atom stereocenters. The molecule has 2 rings (SSSR count). The van der Waals surface area contributed by atoms with Crippen LogP contribution in [-0.2, 0) is 20.7 Å². The van der Waals surface area contributed by atoms with Gasteiger partial charge in [-0.3, -0.25) is 9.59 Å². The van der Waals surface area contributed by atoms with Crippen LogP contribution in [0.5, 0.6) is 11.5 Å². The first-order chi connectivity index (χ1) is 13.3. The predicted octanol–water partition coefficient (Wildman–Crippen LogP) is 4.17. The Morgan fingerprint density at radius 1 is 1.11 bits per heavy atom. The number of nitrogens with one attached hydrogen (secondary N) is 1. The molecule has 0 unspecified atom stereocenters. The van der Waals surface area contributed by atoms with Gasteiger partial charge in [-0.2, -0.15) is 0 Å². The van der Waals surface area contributed by atoms with E-state index in [1.807, 2.05) is 12.1 Å². The molecule has 0 aromatic heterocycles. The number of benzene rings is 2. The van der Waals surface area contributed by atoms with Crippen molar-refractivity contribution in [1.29, 1.82) is 0 Å². The molecule has 2 aromatic rings. The van der Waals surface area contributed by atoms with Crippen LogP contribution in [0.1, 0.15) is 24.5 Å². The highest BCUT2D eigenvalue weighted by molar-refractivity contribution is 6.31. The average molecular weight is 406 g/mol. The van der Waals surface area contributed by atoms with Crippen molar-refractivity contribution >= 4 is 29.2 Å². The lowest BCUT2D eigenvalue weighted by atomic mass is 10.1. The molecule has 0 saturated heterocycles. The molecular formula is C21H24ClNO5. The Kier molecular flexibility index (Phi) is 7.70. The van der Waals surface area contributed by atoms with Crippen LogP contribution in [0.4, 0.5) is 5.69 Å². The van der Waals surface area contributed by atoms with Crippen LogP contribution in [0.2, 0.25) is 5.02 Å². The van der Waals surface area contributed by atoms with Crippen molar-refractivity contribution in [2.24, 2.45) is 0 Å². The zero-order valence-electron chi connectivity index (χ0n) is 16.4. The number of amides is 1. The predicted molar refractivity (Wildman–Crippen MR) is 108 cm³/mol. The largest absolute Gasteiger partial charge is 0.497 e. The fourth-order valence-corrected chi connectivity index (χ4v) is 2.72. The molecule has 0 fully saturated rings. The molecule has 28 heavy (non-hydrogen) atoms. The number of hydrogen-bond acceptors (Lipinski definition) is 5. The van der Waals surface area contributed by atoms with E-state index in [0.717, 1.165) is 11.1 Å². The summed E-state index contributed by atoms with van der Waals surface area (Å²) in [7, 11) is 3.13. The maximum absolute atomic E-state index is 12.3. The van der Waals surface area contributed by atoms with Crippen LogP contribution in [0.25, 0.3) is 0 Å². The van der Waals surface area contributed by atoms with E-state index in [1.54, 1.807) is 45.4 Å². The number of anilines is 1. The maximum Gasteiger partial charge on any atom is 0.306 e. The molecule has 150 valence electrons. The molecule has 2 aromatic carbocycles. The second-order valence-corrected chi connectivity index (χ2v) is 6.66. The molecule has 0 heterocycles. The van der Waals surface area contributed by atoms with Crippen molar-refractivity contribution in [3.63, 3.8) is 0 Å². The van der Waals surface area contributed by atoms with Crippen molar-refractivity contribution in [3.05, 3.63) is 52.5 Å². The second-order valence-electron chi connectivity index (χ2n) is 6.25. The van der Waals surface area contributed by atoms with Crippen LogP contribution in [-0.4, -0.2) is 32.2 Å². The van der Waals surface area contributed by atoms with Gasteiger partial charge in [0, 0.05) is 23.2 Å². The van der Waals surface area contributed by atoms with E-state index < -0.39 is 18.0 Å². The lowest BCUT2D eigenvalue weighted by Gasteiger charge is -2.15. The minimum absolute atomic E-state index is 0.129. The molecule has 0 aliphatic rings. The summed E-state index contributed by atoms with van der Waals surface area (Å²) >= 11 is 6.05. The van der Waals surface area contributed by atoms with E-state index in [1.165, 1.54) is 6.92 Å². The van der Waals surface area contributed by atoms with Gasteiger partial charge in [0.05, 0.1) is 14.2 Å². The number of methoxy groups -OCH3 is 2. The van der Waals surface area contributed by atoms with Crippen LogP contribution in [0.15, 0.2) is 36.4 Å². The lowest BCUT2D eigenvalue weighted by molar-refractivity contribution is -0.153. The molecule has 0 spiro atoms. The van der Waals surface area contributed by atoms with Gasteiger partial charge < -0.3 is 19.5 Å². The quantitative estimate of drug-likeness (QED) is 0.667. The number of carbonyl (C=O) groups excluding carboxylic acids is 2. The Bertz CT molecular complexity index is 830. The van der Waals surface area contributed by atoms with Crippen molar-refractivity contribution < 1.29 is 23.8 Å². The number of aryl methyl sites for hydroxylation is 1. The van der Waals surface area contributed by atoms with Crippen molar-refractivity contribution in [2.75, 3.05) is 19.5 Å². The number of rotatable bonds is 8. The summed E-state index contributed by atoms with van der Waals surface area (Å²) < 4.78 is 15.7. The summed E-state index contributed by atoms with van der Waals surface area (Å²) in [5.74, 6) is 0.411. The monoisotopic (exact) mass is 405 g/mol. The maximum atomic E-state index is 12.3. The minimum Gasteiger partial charge on any atom is -0.497 e. The zero-order valence-corrected chi connectivity index (χ0v) is 17.1. The highest BCUT2D eigenvalue weighted by atomic mass is 35.5. The van der Waals surface area contributed by atoms with E-state index in [4.69, 9.17) is 25.8 Å². The lowest BCUT2D eigenvalue weighted by Crippen LogP contribution is -2.30. The van der Waals surface area contributed by atoms with Gasteiger partial charge in [-0.05, 0) is 55.7 Å². The molecule has 0 radical (unpaired) electrons. The van der Waals surface area contributed by atoms with Crippen molar-refractivity contribution in [1.82, 2.24) is 0 Å². The zero-order chi connectivity index (χ0) is 20.7. The number of carbonyl (C=O) groups is 2. The number of halogens is 1. The first-order valence-corrected chi connectivity index (χ1v) is 9.19.